The maximum atomic E-state index is 12.3. The van der Waals surface area contributed by atoms with E-state index in [-0.39, 0.29) is 24.6 Å². The van der Waals surface area contributed by atoms with Crippen molar-refractivity contribution < 1.29 is 19.1 Å². The molecule has 0 saturated heterocycles. The van der Waals surface area contributed by atoms with Gasteiger partial charge in [-0.15, -0.1) is 0 Å². The van der Waals surface area contributed by atoms with E-state index in [2.05, 4.69) is 27.7 Å². The number of ether oxygens (including phenoxy) is 2. The Morgan fingerprint density at radius 3 is 2.21 bits per heavy atom. The standard InChI is InChI=1S/C30H46N4O4/c1-24(33-29(36)38-30(2,3)4)17-20-34(21-25-13-7-5-8-14-25)19-12-11-18-32-28(35)27(31)23-37-22-26-15-9-6-10-16-26/h5-10,13-16,24,27H,11-12,17-23,31H2,1-4H3,(H,32,35)(H,33,36)/t24-,27+/m1/s1. The third-order valence-electron chi connectivity index (χ3n) is 5.84. The van der Waals surface area contributed by atoms with Crippen LogP contribution in [0.2, 0.25) is 0 Å². The van der Waals surface area contributed by atoms with Crippen LogP contribution in [0.25, 0.3) is 0 Å². The fourth-order valence-electron chi connectivity index (χ4n) is 3.83. The molecule has 38 heavy (non-hydrogen) atoms. The summed E-state index contributed by atoms with van der Waals surface area (Å²) in [6.45, 7) is 11.3. The number of alkyl carbamates (subject to hydrolysis) is 1. The van der Waals surface area contributed by atoms with Gasteiger partial charge in [0.05, 0.1) is 13.2 Å². The molecule has 8 heteroatoms. The Hall–Kier alpha value is -2.94. The number of nitrogens with one attached hydrogen (secondary N) is 2. The van der Waals surface area contributed by atoms with Crippen LogP contribution in [-0.2, 0) is 27.4 Å². The molecule has 2 aromatic rings. The van der Waals surface area contributed by atoms with Crippen LogP contribution < -0.4 is 16.4 Å². The molecule has 210 valence electrons. The summed E-state index contributed by atoms with van der Waals surface area (Å²) in [5, 5.41) is 5.84. The molecule has 0 heterocycles. The molecule has 0 aliphatic heterocycles. The van der Waals surface area contributed by atoms with Crippen molar-refractivity contribution in [3.8, 4) is 0 Å². The molecular formula is C30H46N4O4. The second-order valence-corrected chi connectivity index (χ2v) is 10.7. The summed E-state index contributed by atoms with van der Waals surface area (Å²) >= 11 is 0. The quantitative estimate of drug-likeness (QED) is 0.283. The molecule has 2 atom stereocenters. The van der Waals surface area contributed by atoms with E-state index in [4.69, 9.17) is 15.2 Å². The van der Waals surface area contributed by atoms with E-state index >= 15 is 0 Å². The first kappa shape index (κ1) is 31.3. The highest BCUT2D eigenvalue weighted by molar-refractivity contribution is 5.81. The molecule has 0 radical (unpaired) electrons. The third-order valence-corrected chi connectivity index (χ3v) is 5.84. The molecule has 8 nitrogen and oxygen atoms in total. The number of hydrogen-bond donors (Lipinski definition) is 3. The number of hydrogen-bond acceptors (Lipinski definition) is 6. The lowest BCUT2D eigenvalue weighted by atomic mass is 10.1. The normalized spacial score (nSPS) is 13.1. The fourth-order valence-corrected chi connectivity index (χ4v) is 3.83. The SMILES string of the molecule is C[C@H](CCN(CCCCNC(=O)[C@@H](N)COCc1ccccc1)Cc1ccccc1)NC(=O)OC(C)(C)C. The lowest BCUT2D eigenvalue weighted by molar-refractivity contribution is -0.123. The van der Waals surface area contributed by atoms with Crippen LogP contribution in [0.3, 0.4) is 0 Å². The predicted octanol–water partition coefficient (Wildman–Crippen LogP) is 4.23. The largest absolute Gasteiger partial charge is 0.444 e. The van der Waals surface area contributed by atoms with Gasteiger partial charge in [-0.3, -0.25) is 9.69 Å². The third kappa shape index (κ3) is 14.1. The highest BCUT2D eigenvalue weighted by atomic mass is 16.6. The number of benzene rings is 2. The van der Waals surface area contributed by atoms with Gasteiger partial charge in [0.1, 0.15) is 11.6 Å². The number of nitrogens with zero attached hydrogens (tertiary/aromatic N) is 1. The van der Waals surface area contributed by atoms with Gasteiger partial charge in [0.25, 0.3) is 0 Å². The van der Waals surface area contributed by atoms with Crippen LogP contribution in [0.4, 0.5) is 4.79 Å². The van der Waals surface area contributed by atoms with Gasteiger partial charge in [0.2, 0.25) is 5.91 Å². The highest BCUT2D eigenvalue weighted by Crippen LogP contribution is 2.10. The minimum Gasteiger partial charge on any atom is -0.444 e. The Morgan fingerprint density at radius 2 is 1.58 bits per heavy atom. The lowest BCUT2D eigenvalue weighted by Crippen LogP contribution is -2.44. The summed E-state index contributed by atoms with van der Waals surface area (Å²) in [6, 6.07) is 19.5. The van der Waals surface area contributed by atoms with E-state index in [1.165, 1.54) is 5.56 Å². The summed E-state index contributed by atoms with van der Waals surface area (Å²) < 4.78 is 11.0. The number of carbonyl (C=O) groups excluding carboxylic acids is 2. The maximum absolute atomic E-state index is 12.3. The molecular weight excluding hydrogens is 480 g/mol. The highest BCUT2D eigenvalue weighted by Gasteiger charge is 2.18. The molecule has 2 aromatic carbocycles. The zero-order chi connectivity index (χ0) is 27.8. The van der Waals surface area contributed by atoms with Gasteiger partial charge < -0.3 is 25.8 Å². The van der Waals surface area contributed by atoms with Crippen molar-refractivity contribution in [3.63, 3.8) is 0 Å². The molecule has 2 rings (SSSR count). The molecule has 0 spiro atoms. The van der Waals surface area contributed by atoms with Gasteiger partial charge in [-0.05, 0) is 64.6 Å². The fraction of sp³-hybridized carbons (Fsp3) is 0.533. The summed E-state index contributed by atoms with van der Waals surface area (Å²) in [5.74, 6) is -0.193. The molecule has 0 saturated carbocycles. The average molecular weight is 527 g/mol. The Labute approximate surface area is 228 Å². The van der Waals surface area contributed by atoms with Crippen molar-refractivity contribution in [2.75, 3.05) is 26.2 Å². The van der Waals surface area contributed by atoms with Crippen LogP contribution >= 0.6 is 0 Å². The predicted molar refractivity (Wildman–Crippen MR) is 151 cm³/mol. The van der Waals surface area contributed by atoms with Crippen molar-refractivity contribution in [1.29, 1.82) is 0 Å². The Balaban J connectivity index is 1.70. The van der Waals surface area contributed by atoms with Crippen molar-refractivity contribution in [1.82, 2.24) is 15.5 Å². The number of rotatable bonds is 16. The monoisotopic (exact) mass is 526 g/mol. The van der Waals surface area contributed by atoms with E-state index in [1.54, 1.807) is 0 Å². The molecule has 2 amide bonds. The van der Waals surface area contributed by atoms with E-state index in [0.717, 1.165) is 44.5 Å². The first-order chi connectivity index (χ1) is 18.1. The van der Waals surface area contributed by atoms with Crippen molar-refractivity contribution in [2.45, 2.75) is 77.8 Å². The zero-order valence-electron chi connectivity index (χ0n) is 23.4. The molecule has 0 aliphatic rings. The number of unbranched alkanes of at least 4 members (excludes halogenated alkanes) is 1. The summed E-state index contributed by atoms with van der Waals surface area (Å²) in [6.07, 6.45) is 2.20. The van der Waals surface area contributed by atoms with E-state index in [1.807, 2.05) is 76.2 Å². The second kappa shape index (κ2) is 16.8. The Bertz CT molecular complexity index is 934. The number of nitrogens with two attached hydrogens (primary N) is 1. The van der Waals surface area contributed by atoms with Crippen LogP contribution in [0.15, 0.2) is 60.7 Å². The summed E-state index contributed by atoms with van der Waals surface area (Å²) in [5.41, 5.74) is 7.76. The van der Waals surface area contributed by atoms with Gasteiger partial charge in [-0.1, -0.05) is 60.7 Å². The smallest absolute Gasteiger partial charge is 0.407 e. The molecule has 0 bridgehead atoms. The zero-order valence-corrected chi connectivity index (χ0v) is 23.4. The summed E-state index contributed by atoms with van der Waals surface area (Å²) in [7, 11) is 0. The van der Waals surface area contributed by atoms with Crippen molar-refractivity contribution >= 4 is 12.0 Å². The lowest BCUT2D eigenvalue weighted by Gasteiger charge is -2.26. The molecule has 0 aliphatic carbocycles. The molecule has 0 aromatic heterocycles. The van der Waals surface area contributed by atoms with Gasteiger partial charge in [-0.2, -0.15) is 0 Å². The van der Waals surface area contributed by atoms with Gasteiger partial charge in [0, 0.05) is 25.7 Å². The van der Waals surface area contributed by atoms with E-state index < -0.39 is 11.6 Å². The van der Waals surface area contributed by atoms with E-state index in [0.29, 0.717) is 13.2 Å². The van der Waals surface area contributed by atoms with Crippen LogP contribution in [0, 0.1) is 0 Å². The number of amides is 2. The minimum absolute atomic E-state index is 0.00647. The average Bonchev–Trinajstić information content (AvgIpc) is 2.86. The van der Waals surface area contributed by atoms with Gasteiger partial charge in [-0.25, -0.2) is 4.79 Å². The van der Waals surface area contributed by atoms with Gasteiger partial charge >= 0.3 is 6.09 Å². The van der Waals surface area contributed by atoms with Crippen LogP contribution in [0.1, 0.15) is 58.1 Å². The van der Waals surface area contributed by atoms with E-state index in [9.17, 15) is 9.59 Å². The molecule has 0 unspecified atom stereocenters. The topological polar surface area (TPSA) is 106 Å². The Morgan fingerprint density at radius 1 is 0.947 bits per heavy atom. The Kier molecular flexibility index (Phi) is 13.8. The van der Waals surface area contributed by atoms with Crippen LogP contribution in [0.5, 0.6) is 0 Å². The second-order valence-electron chi connectivity index (χ2n) is 10.7. The maximum Gasteiger partial charge on any atom is 0.407 e. The van der Waals surface area contributed by atoms with Crippen LogP contribution in [-0.4, -0.2) is 60.8 Å². The molecule has 4 N–H and O–H groups in total. The first-order valence-corrected chi connectivity index (χ1v) is 13.5. The van der Waals surface area contributed by atoms with Crippen molar-refractivity contribution in [2.24, 2.45) is 5.73 Å². The summed E-state index contributed by atoms with van der Waals surface area (Å²) in [4.78, 5) is 26.8. The first-order valence-electron chi connectivity index (χ1n) is 13.5. The number of carbonyl (C=O) groups is 2. The molecule has 0 fully saturated rings. The van der Waals surface area contributed by atoms with Gasteiger partial charge in [0.15, 0.2) is 0 Å². The van der Waals surface area contributed by atoms with Crippen molar-refractivity contribution in [3.05, 3.63) is 71.8 Å². The minimum atomic E-state index is -0.688.